The summed E-state index contributed by atoms with van der Waals surface area (Å²) in [6, 6.07) is 27.1. The van der Waals surface area contributed by atoms with Crippen molar-refractivity contribution in [1.82, 2.24) is 30.2 Å². The minimum Gasteiger partial charge on any atom is -0.744 e. The standard InChI is InChI=1S/C90H110N10O18S4.2K/c1-13-95-71-41-33-59(119-117-115-107)55-67(71)87(3,4)75(95)27-21-30-78-90(9,10)70-58-62(122(112,113)114)36-44-74(70)98(78)52-20-16-18-32-80(102)92-46-24-48-94(12)50-26-54-100-85(105)65-39-37-63-81-64(38-40-66(82(65)81)86(100)106)84(104)99(83(63)103)53-25-49-93(11)47-23-45-91-79(101)31-17-15-19-51-97-73-42-34-60(120-118-116-108)56-68(73)88(5,6)77(97)29-22-28-76-89(7,8)69-57-61(121(109,110)111)35-43-72(69)96(76)14-2;;/h21-22,27-30,33-44,55-58H,13-20,23-26,31-32,45-54H2,1-12H3,(H4-2,91,92,101,102,107,108,109,110,111,112,113,114);;/q;2*+1/p-2. The maximum atomic E-state index is 14.2. The predicted octanol–water partition coefficient (Wildman–Crippen LogP) is 5.75. The number of hydrogen-bond donors (Lipinski definition) is 2. The molecule has 0 unspecified atom stereocenters. The van der Waals surface area contributed by atoms with Gasteiger partial charge in [-0.1, -0.05) is 52.7 Å². The van der Waals surface area contributed by atoms with Gasteiger partial charge in [0.25, 0.3) is 23.6 Å². The Labute approximate surface area is 820 Å². The van der Waals surface area contributed by atoms with Gasteiger partial charge in [-0.25, -0.2) is 16.8 Å². The van der Waals surface area contributed by atoms with Crippen molar-refractivity contribution in [2.45, 2.75) is 188 Å². The summed E-state index contributed by atoms with van der Waals surface area (Å²) in [5, 5.41) is 35.2. The van der Waals surface area contributed by atoms with Gasteiger partial charge in [0.05, 0.1) is 44.7 Å². The third-order valence-electron chi connectivity index (χ3n) is 24.6. The Kier molecular flexibility index (Phi) is 34.6. The normalized spacial score (nSPS) is 17.2. The molecule has 6 heterocycles. The second-order valence-electron chi connectivity index (χ2n) is 33.9. The summed E-state index contributed by atoms with van der Waals surface area (Å²) in [4.78, 5) is 94.8. The van der Waals surface area contributed by atoms with Gasteiger partial charge in [-0.05, 0) is 241 Å². The van der Waals surface area contributed by atoms with Crippen LogP contribution in [0.2, 0.25) is 0 Å². The Morgan fingerprint density at radius 1 is 0.452 bits per heavy atom. The van der Waals surface area contributed by atoms with E-state index < -0.39 is 65.5 Å². The van der Waals surface area contributed by atoms with E-state index in [1.54, 1.807) is 36.4 Å². The zero-order valence-electron chi connectivity index (χ0n) is 73.2. The van der Waals surface area contributed by atoms with Crippen molar-refractivity contribution in [2.75, 3.05) is 102 Å². The van der Waals surface area contributed by atoms with E-state index in [4.69, 9.17) is 0 Å². The molecule has 0 radical (unpaired) electrons. The number of allylic oxidation sites excluding steroid dienone is 8. The van der Waals surface area contributed by atoms with Crippen molar-refractivity contribution in [2.24, 2.45) is 0 Å². The van der Waals surface area contributed by atoms with Crippen molar-refractivity contribution < 1.29 is 196 Å². The van der Waals surface area contributed by atoms with Crippen LogP contribution in [0.4, 0.5) is 22.7 Å². The minimum atomic E-state index is -4.72. The molecule has 34 heteroatoms. The Balaban J connectivity index is 0.00000804. The summed E-state index contributed by atoms with van der Waals surface area (Å²) in [5.74, 6) is -2.09. The summed E-state index contributed by atoms with van der Waals surface area (Å²) < 4.78 is 86.4. The predicted molar refractivity (Wildman–Crippen MR) is 461 cm³/mol. The van der Waals surface area contributed by atoms with Crippen LogP contribution in [0.25, 0.3) is 10.8 Å². The molecule has 6 aromatic rings. The Morgan fingerprint density at radius 3 is 1.20 bits per heavy atom. The fourth-order valence-corrected chi connectivity index (χ4v) is 19.9. The van der Waals surface area contributed by atoms with Crippen LogP contribution in [-0.4, -0.2) is 194 Å². The Morgan fingerprint density at radius 2 is 0.798 bits per heavy atom. The molecule has 6 aliphatic rings. The zero-order chi connectivity index (χ0) is 88.0. The minimum absolute atomic E-state index is 0. The van der Waals surface area contributed by atoms with E-state index in [0.29, 0.717) is 132 Å². The van der Waals surface area contributed by atoms with Crippen molar-refractivity contribution in [3.8, 4) is 0 Å². The van der Waals surface area contributed by atoms with Crippen molar-refractivity contribution in [1.29, 1.82) is 0 Å². The third kappa shape index (κ3) is 21.8. The van der Waals surface area contributed by atoms with E-state index in [-0.39, 0.29) is 160 Å². The topological polar surface area (TPSA) is 349 Å². The molecular formula is C90H108K2N10O18S4. The fourth-order valence-electron chi connectivity index (χ4n) is 18.2. The van der Waals surface area contributed by atoms with E-state index in [0.717, 1.165) is 122 Å². The molecule has 0 aliphatic carbocycles. The van der Waals surface area contributed by atoms with Gasteiger partial charge in [0, 0.05) is 164 Å². The molecule has 6 amide bonds. The first kappa shape index (κ1) is 100. The molecule has 28 nitrogen and oxygen atoms in total. The molecule has 0 spiro atoms. The number of anilines is 2. The molecule has 0 aromatic heterocycles. The molecule has 0 atom stereocenters. The van der Waals surface area contributed by atoms with Gasteiger partial charge in [0.15, 0.2) is 11.4 Å². The Hall–Kier alpha value is -5.83. The maximum Gasteiger partial charge on any atom is 1.00 e. The first-order valence-electron chi connectivity index (χ1n) is 41.6. The molecule has 0 saturated carbocycles. The van der Waals surface area contributed by atoms with Crippen LogP contribution in [0.1, 0.15) is 210 Å². The van der Waals surface area contributed by atoms with E-state index in [9.17, 15) is 65.2 Å². The molecule has 0 bridgehead atoms. The average molecular weight is 1820 g/mol. The summed E-state index contributed by atoms with van der Waals surface area (Å²) in [6.45, 7) is 26.9. The number of amides is 6. The van der Waals surface area contributed by atoms with Gasteiger partial charge in [0.1, 0.15) is 33.3 Å². The van der Waals surface area contributed by atoms with Crippen LogP contribution in [-0.2, 0) is 70.2 Å². The van der Waals surface area contributed by atoms with Gasteiger partial charge < -0.3 is 49.9 Å². The molecule has 652 valence electrons. The first-order chi connectivity index (χ1) is 58.0. The number of carbonyl (C=O) groups excluding carboxylic acids is 6. The molecule has 0 saturated heterocycles. The summed E-state index contributed by atoms with van der Waals surface area (Å²) in [7, 11) is -5.49. The van der Waals surface area contributed by atoms with Crippen LogP contribution in [0.5, 0.6) is 0 Å². The second kappa shape index (κ2) is 42.8. The quantitative estimate of drug-likeness (QED) is 0.00672. The van der Waals surface area contributed by atoms with Crippen LogP contribution in [0.15, 0.2) is 164 Å². The maximum absolute atomic E-state index is 14.2. The van der Waals surface area contributed by atoms with Gasteiger partial charge >= 0.3 is 103 Å². The zero-order valence-corrected chi connectivity index (χ0v) is 82.7. The van der Waals surface area contributed by atoms with Crippen LogP contribution in [0.3, 0.4) is 0 Å². The number of benzene rings is 6. The molecule has 124 heavy (non-hydrogen) atoms. The average Bonchev–Trinajstić information content (AvgIpc) is 1.77. The number of hydrogen-bond acceptors (Lipinski definition) is 24. The summed E-state index contributed by atoms with van der Waals surface area (Å²) >= 11 is 1.67. The van der Waals surface area contributed by atoms with Gasteiger partial charge in [0.2, 0.25) is 23.2 Å². The van der Waals surface area contributed by atoms with E-state index >= 15 is 0 Å². The SMILES string of the molecule is CC[N+]1=C(C=CC=C2N(CCCCCC(=O)NCCCN(C)CCCN3C(=O)c4ccc5c6c(ccc(c46)C3=O)C(=O)N(CCCN(C)CCCNC(=O)CCCCCN3C(=CC=CC4=[N+](CC)c6ccc(S(=O)(=O)[O-])cc6C4(C)C)C(C)(C)c4cc(SOO[O-])ccc43)C5=O)c3ccc(S(=O)(=O)[O-])cc3C2(C)C)C(C)(C)c2cc(SOO[O-])ccc21.[K+].[K+]. The van der Waals surface area contributed by atoms with Crippen molar-refractivity contribution in [3.05, 3.63) is 189 Å². The second-order valence-corrected chi connectivity index (χ2v) is 38.2. The number of imide groups is 2. The number of nitrogens with one attached hydrogen (secondary N) is 2. The number of nitrogens with zero attached hydrogens (tertiary/aromatic N) is 8. The van der Waals surface area contributed by atoms with Crippen LogP contribution < -0.4 is 134 Å². The third-order valence-corrected chi connectivity index (χ3v) is 27.4. The van der Waals surface area contributed by atoms with Gasteiger partial charge in [-0.2, -0.15) is 17.8 Å². The molecule has 6 aliphatic heterocycles. The fraction of sp³-hybridized carbons (Fsp3) is 0.444. The number of carbonyl (C=O) groups is 6. The monoisotopic (exact) mass is 1820 g/mol. The Bertz CT molecular complexity index is 5460. The van der Waals surface area contributed by atoms with E-state index in [1.807, 2.05) is 109 Å². The van der Waals surface area contributed by atoms with E-state index in [1.165, 1.54) is 34.1 Å². The largest absolute Gasteiger partial charge is 1.00 e. The first-order valence-corrected chi connectivity index (χ1v) is 45.9. The smallest absolute Gasteiger partial charge is 0.744 e. The number of fused-ring (bicyclic) bond motifs is 4. The van der Waals surface area contributed by atoms with Crippen LogP contribution >= 0.6 is 24.1 Å². The summed E-state index contributed by atoms with van der Waals surface area (Å²) in [6.07, 6.45) is 19.6. The number of rotatable bonds is 42. The molecule has 12 rings (SSSR count). The molecule has 2 N–H and O–H groups in total. The van der Waals surface area contributed by atoms with Crippen LogP contribution in [0, 0.1) is 0 Å². The van der Waals surface area contributed by atoms with Crippen molar-refractivity contribution in [3.63, 3.8) is 0 Å². The molecular weight excluding hydrogens is 1720 g/mol. The molecule has 6 aromatic carbocycles. The molecule has 0 fully saturated rings. The van der Waals surface area contributed by atoms with Gasteiger partial charge in [-0.15, -0.1) is 0 Å². The number of unbranched alkanes of at least 4 members (excludes halogenated alkanes) is 4. The summed E-state index contributed by atoms with van der Waals surface area (Å²) in [5.41, 5.74) is 10.0. The van der Waals surface area contributed by atoms with Crippen molar-refractivity contribution >= 4 is 125 Å². The van der Waals surface area contributed by atoms with E-state index in [2.05, 4.69) is 105 Å². The van der Waals surface area contributed by atoms with Gasteiger partial charge in [-0.3, -0.25) is 48.6 Å².